The van der Waals surface area contributed by atoms with Gasteiger partial charge in [0.1, 0.15) is 11.1 Å². The summed E-state index contributed by atoms with van der Waals surface area (Å²) in [5.74, 6) is -0.391. The lowest BCUT2D eigenvalue weighted by Gasteiger charge is -2.22. The van der Waals surface area contributed by atoms with Gasteiger partial charge in [0, 0.05) is 19.2 Å². The van der Waals surface area contributed by atoms with E-state index in [0.717, 1.165) is 30.5 Å². The van der Waals surface area contributed by atoms with Crippen molar-refractivity contribution < 1.29 is 13.6 Å². The quantitative estimate of drug-likeness (QED) is 0.576. The maximum absolute atomic E-state index is 12.6. The number of fused-ring (bicyclic) bond motifs is 2. The van der Waals surface area contributed by atoms with Crippen molar-refractivity contribution >= 4 is 34.0 Å². The average molecular weight is 389 g/mol. The van der Waals surface area contributed by atoms with Gasteiger partial charge in [-0.1, -0.05) is 24.3 Å². The molecule has 1 N–H and O–H groups in total. The lowest BCUT2D eigenvalue weighted by atomic mass is 10.2. The van der Waals surface area contributed by atoms with E-state index < -0.39 is 5.91 Å². The number of benzene rings is 2. The predicted molar refractivity (Wildman–Crippen MR) is 109 cm³/mol. The maximum Gasteiger partial charge on any atom is 0.298 e. The third-order valence-corrected chi connectivity index (χ3v) is 5.26. The Morgan fingerprint density at radius 2 is 1.90 bits per heavy atom. The molecule has 1 aliphatic heterocycles. The molecule has 5 rings (SSSR count). The first kappa shape index (κ1) is 17.5. The Bertz CT molecular complexity index is 1230. The first-order chi connectivity index (χ1) is 14.2. The Morgan fingerprint density at radius 1 is 1.10 bits per heavy atom. The summed E-state index contributed by atoms with van der Waals surface area (Å²) in [6, 6.07) is 16.4. The molecule has 2 aromatic carbocycles. The van der Waals surface area contributed by atoms with Crippen molar-refractivity contribution in [1.82, 2.24) is 10.3 Å². The van der Waals surface area contributed by atoms with E-state index in [0.29, 0.717) is 23.5 Å². The molecule has 7 heteroatoms. The second-order valence-electron chi connectivity index (χ2n) is 7.13. The normalized spacial score (nSPS) is 16.6. The third-order valence-electron chi connectivity index (χ3n) is 5.26. The Labute approximate surface area is 165 Å². The number of carbonyl (C=O) groups excluding carboxylic acids is 1. The molecule has 4 aromatic rings. The average Bonchev–Trinajstić information content (AvgIpc) is 3.38. The van der Waals surface area contributed by atoms with Crippen molar-refractivity contribution in [2.75, 3.05) is 18.0 Å². The number of para-hydroxylation sites is 3. The zero-order valence-electron chi connectivity index (χ0n) is 15.6. The molecule has 1 atom stereocenters. The molecular formula is C22H19N3O4. The van der Waals surface area contributed by atoms with Gasteiger partial charge in [-0.15, -0.1) is 0 Å². The second kappa shape index (κ2) is 7.09. The highest BCUT2D eigenvalue weighted by atomic mass is 16.4. The number of oxazole rings is 1. The van der Waals surface area contributed by atoms with Crippen molar-refractivity contribution in [1.29, 1.82) is 0 Å². The van der Waals surface area contributed by atoms with Crippen molar-refractivity contribution in [3.63, 3.8) is 0 Å². The number of nitrogens with one attached hydrogen (secondary N) is 1. The van der Waals surface area contributed by atoms with Crippen molar-refractivity contribution in [2.24, 2.45) is 0 Å². The highest BCUT2D eigenvalue weighted by Gasteiger charge is 2.29. The molecule has 7 nitrogen and oxygen atoms in total. The van der Waals surface area contributed by atoms with E-state index >= 15 is 0 Å². The monoisotopic (exact) mass is 389 g/mol. The Morgan fingerprint density at radius 3 is 2.76 bits per heavy atom. The number of anilines is 1. The van der Waals surface area contributed by atoms with Crippen LogP contribution in [0.5, 0.6) is 0 Å². The standard InChI is InChI=1S/C22H19N3O4/c26-17-12-20(28-18-9-3-1-7-15(17)18)21(27)23-13-14-6-5-11-25(14)22-24-16-8-2-4-10-19(16)29-22/h1-4,7-10,12,14H,5-6,11,13H2,(H,23,27). The van der Waals surface area contributed by atoms with Crippen LogP contribution < -0.4 is 15.6 Å². The molecule has 0 spiro atoms. The van der Waals surface area contributed by atoms with E-state index in [1.54, 1.807) is 24.3 Å². The minimum absolute atomic E-state index is 0.0140. The number of carbonyl (C=O) groups is 1. The predicted octanol–water partition coefficient (Wildman–Crippen LogP) is 3.33. The van der Waals surface area contributed by atoms with Gasteiger partial charge in [0.15, 0.2) is 16.8 Å². The first-order valence-electron chi connectivity index (χ1n) is 9.62. The zero-order chi connectivity index (χ0) is 19.8. The lowest BCUT2D eigenvalue weighted by Crippen LogP contribution is -2.40. The molecule has 29 heavy (non-hydrogen) atoms. The number of aromatic nitrogens is 1. The van der Waals surface area contributed by atoms with Gasteiger partial charge in [0.25, 0.3) is 11.9 Å². The zero-order valence-corrected chi connectivity index (χ0v) is 15.6. The van der Waals surface area contributed by atoms with Crippen LogP contribution in [0, 0.1) is 0 Å². The van der Waals surface area contributed by atoms with Crippen LogP contribution in [-0.4, -0.2) is 30.0 Å². The van der Waals surface area contributed by atoms with Crippen molar-refractivity contribution in [3.05, 3.63) is 70.6 Å². The van der Waals surface area contributed by atoms with Crippen LogP contribution >= 0.6 is 0 Å². The van der Waals surface area contributed by atoms with Crippen LogP contribution in [0.3, 0.4) is 0 Å². The molecule has 0 bridgehead atoms. The number of nitrogens with zero attached hydrogens (tertiary/aromatic N) is 2. The first-order valence-corrected chi connectivity index (χ1v) is 9.62. The minimum Gasteiger partial charge on any atom is -0.451 e. The van der Waals surface area contributed by atoms with Crippen LogP contribution in [0.15, 0.2) is 68.2 Å². The van der Waals surface area contributed by atoms with Gasteiger partial charge < -0.3 is 19.1 Å². The highest BCUT2D eigenvalue weighted by molar-refractivity contribution is 5.93. The van der Waals surface area contributed by atoms with Gasteiger partial charge in [-0.25, -0.2) is 0 Å². The minimum atomic E-state index is -0.405. The lowest BCUT2D eigenvalue weighted by molar-refractivity contribution is 0.0924. The van der Waals surface area contributed by atoms with Crippen molar-refractivity contribution in [3.8, 4) is 0 Å². The molecule has 1 saturated heterocycles. The van der Waals surface area contributed by atoms with Crippen LogP contribution in [0.25, 0.3) is 22.1 Å². The van der Waals surface area contributed by atoms with E-state index in [2.05, 4.69) is 15.2 Å². The molecule has 0 aliphatic carbocycles. The fourth-order valence-electron chi connectivity index (χ4n) is 3.80. The summed E-state index contributed by atoms with van der Waals surface area (Å²) >= 11 is 0. The molecule has 0 saturated carbocycles. The SMILES string of the molecule is O=C(NCC1CCCN1c1nc2ccccc2o1)c1cc(=O)c2ccccc2o1. The number of amides is 1. The van der Waals surface area contributed by atoms with Crippen molar-refractivity contribution in [2.45, 2.75) is 18.9 Å². The summed E-state index contributed by atoms with van der Waals surface area (Å²) in [5.41, 5.74) is 1.73. The maximum atomic E-state index is 12.6. The van der Waals surface area contributed by atoms with E-state index in [1.807, 2.05) is 24.3 Å². The Balaban J connectivity index is 1.32. The van der Waals surface area contributed by atoms with E-state index in [4.69, 9.17) is 8.83 Å². The Hall–Kier alpha value is -3.61. The highest BCUT2D eigenvalue weighted by Crippen LogP contribution is 2.28. The largest absolute Gasteiger partial charge is 0.451 e. The fourth-order valence-corrected chi connectivity index (χ4v) is 3.80. The molecule has 3 heterocycles. The van der Waals surface area contributed by atoms with Gasteiger partial charge in [0.2, 0.25) is 0 Å². The van der Waals surface area contributed by atoms with E-state index in [1.165, 1.54) is 6.07 Å². The van der Waals surface area contributed by atoms with Crippen LogP contribution in [0.2, 0.25) is 0 Å². The summed E-state index contributed by atoms with van der Waals surface area (Å²) in [6.07, 6.45) is 1.91. The molecular weight excluding hydrogens is 370 g/mol. The molecule has 1 aliphatic rings. The van der Waals surface area contributed by atoms with Gasteiger partial charge in [-0.2, -0.15) is 4.98 Å². The summed E-state index contributed by atoms with van der Waals surface area (Å²) < 4.78 is 11.5. The number of rotatable bonds is 4. The Kier molecular flexibility index (Phi) is 4.27. The van der Waals surface area contributed by atoms with E-state index in [9.17, 15) is 9.59 Å². The molecule has 1 fully saturated rings. The molecule has 2 aromatic heterocycles. The molecule has 1 unspecified atom stereocenters. The summed E-state index contributed by atoms with van der Waals surface area (Å²) in [4.78, 5) is 31.4. The molecule has 0 radical (unpaired) electrons. The van der Waals surface area contributed by atoms with Gasteiger partial charge in [-0.05, 0) is 37.1 Å². The topological polar surface area (TPSA) is 88.6 Å². The van der Waals surface area contributed by atoms with Gasteiger partial charge in [-0.3, -0.25) is 9.59 Å². The fraction of sp³-hybridized carbons (Fsp3) is 0.227. The summed E-state index contributed by atoms with van der Waals surface area (Å²) in [7, 11) is 0. The summed E-state index contributed by atoms with van der Waals surface area (Å²) in [6.45, 7) is 1.23. The van der Waals surface area contributed by atoms with Gasteiger partial charge >= 0.3 is 0 Å². The second-order valence-corrected chi connectivity index (χ2v) is 7.13. The van der Waals surface area contributed by atoms with Crippen LogP contribution in [0.1, 0.15) is 23.4 Å². The molecule has 146 valence electrons. The smallest absolute Gasteiger partial charge is 0.298 e. The van der Waals surface area contributed by atoms with Gasteiger partial charge in [0.05, 0.1) is 11.4 Å². The van der Waals surface area contributed by atoms with Crippen LogP contribution in [-0.2, 0) is 0 Å². The number of hydrogen-bond acceptors (Lipinski definition) is 6. The summed E-state index contributed by atoms with van der Waals surface area (Å²) in [5, 5.41) is 3.34. The van der Waals surface area contributed by atoms with Crippen LogP contribution in [0.4, 0.5) is 6.01 Å². The van der Waals surface area contributed by atoms with E-state index in [-0.39, 0.29) is 17.2 Å². The molecule has 1 amide bonds. The third kappa shape index (κ3) is 3.24. The number of hydrogen-bond donors (Lipinski definition) is 1.